The van der Waals surface area contributed by atoms with Gasteiger partial charge >= 0.3 is 39.3 Å². The Labute approximate surface area is 114 Å². The minimum Gasteiger partial charge on any atom is -0.644 e. The third-order valence-electron chi connectivity index (χ3n) is 2.04. The van der Waals surface area contributed by atoms with Crippen molar-refractivity contribution in [2.24, 2.45) is 0 Å². The van der Waals surface area contributed by atoms with E-state index < -0.39 is 30.4 Å². The van der Waals surface area contributed by atoms with E-state index in [4.69, 9.17) is 0 Å². The summed E-state index contributed by atoms with van der Waals surface area (Å²) in [5.74, 6) is 0. The molecule has 92 valence electrons. The van der Waals surface area contributed by atoms with Crippen molar-refractivity contribution in [3.63, 3.8) is 0 Å². The molecule has 0 amide bonds. The fraction of sp³-hybridized carbons (Fsp3) is 0. The maximum atomic E-state index is 13.0. The third-order valence-corrected chi connectivity index (χ3v) is 3.83. The third kappa shape index (κ3) is 2.59. The molecule has 5 nitrogen and oxygen atoms in total. The molecular weight excluding hydrogens is 283 g/mol. The van der Waals surface area contributed by atoms with E-state index in [0.29, 0.717) is 0 Å². The molecule has 0 radical (unpaired) electrons. The van der Waals surface area contributed by atoms with Gasteiger partial charge in [0.05, 0.1) is 0 Å². The van der Waals surface area contributed by atoms with E-state index in [1.165, 1.54) is 18.2 Å². The standard InChI is InChI=1S/C8H4F2NO4S2.Li/c9-16(12,13)7-5-3-1-2-4-6(5)11-8(7)17(10,14)15;/h1-4H;/q-1;+1. The van der Waals surface area contributed by atoms with E-state index in [9.17, 15) is 24.6 Å². The average Bonchev–Trinajstić information content (AvgIpc) is 2.54. The van der Waals surface area contributed by atoms with Gasteiger partial charge in [-0.05, 0) is 5.39 Å². The van der Waals surface area contributed by atoms with E-state index in [-0.39, 0.29) is 29.8 Å². The van der Waals surface area contributed by atoms with Crippen molar-refractivity contribution in [1.29, 1.82) is 0 Å². The van der Waals surface area contributed by atoms with Crippen LogP contribution in [0.15, 0.2) is 34.2 Å². The summed E-state index contributed by atoms with van der Waals surface area (Å²) in [7, 11) is -10.8. The van der Waals surface area contributed by atoms with E-state index in [0.717, 1.165) is 6.07 Å². The molecule has 0 atom stereocenters. The molecule has 0 aliphatic rings. The van der Waals surface area contributed by atoms with Crippen molar-refractivity contribution in [2.45, 2.75) is 9.92 Å². The molecular formula is C8H4F2LiNO4S2. The Morgan fingerprint density at radius 2 is 1.50 bits per heavy atom. The quantitative estimate of drug-likeness (QED) is 0.477. The van der Waals surface area contributed by atoms with Gasteiger partial charge in [-0.25, -0.2) is 0 Å². The van der Waals surface area contributed by atoms with Crippen LogP contribution in [0, 0.1) is 0 Å². The van der Waals surface area contributed by atoms with E-state index >= 15 is 0 Å². The fourth-order valence-electron chi connectivity index (χ4n) is 1.44. The van der Waals surface area contributed by atoms with Gasteiger partial charge in [-0.2, -0.15) is 16.8 Å². The number of aromatic nitrogens is 1. The van der Waals surface area contributed by atoms with Crippen LogP contribution in [-0.4, -0.2) is 16.8 Å². The molecule has 0 aliphatic heterocycles. The summed E-state index contributed by atoms with van der Waals surface area (Å²) in [4.78, 5) is 2.01. The van der Waals surface area contributed by atoms with Crippen molar-refractivity contribution in [3.05, 3.63) is 24.3 Å². The van der Waals surface area contributed by atoms with Crippen LogP contribution in [0.25, 0.3) is 10.9 Å². The van der Waals surface area contributed by atoms with E-state index in [2.05, 4.69) is 4.98 Å². The Kier molecular flexibility index (Phi) is 3.93. The van der Waals surface area contributed by atoms with Gasteiger partial charge in [0, 0.05) is 5.03 Å². The first-order valence-electron chi connectivity index (χ1n) is 4.16. The molecule has 1 aromatic carbocycles. The number of benzene rings is 1. The number of fused-ring (bicyclic) bond motifs is 1. The van der Waals surface area contributed by atoms with Crippen LogP contribution in [0.3, 0.4) is 0 Å². The molecule has 0 spiro atoms. The van der Waals surface area contributed by atoms with Gasteiger partial charge in [-0.3, -0.25) is 0 Å². The first-order chi connectivity index (χ1) is 7.71. The SMILES string of the molecule is O=S(=O)(F)c1[n-]c2ccccc2c1S(=O)(=O)F.[Li+]. The number of nitrogens with zero attached hydrogens (tertiary/aromatic N) is 1. The monoisotopic (exact) mass is 287 g/mol. The Hall–Kier alpha value is -0.883. The largest absolute Gasteiger partial charge is 1.00 e. The minimum absolute atomic E-state index is 0. The van der Waals surface area contributed by atoms with Crippen LogP contribution in [0.5, 0.6) is 0 Å². The van der Waals surface area contributed by atoms with Crippen LogP contribution in [0.4, 0.5) is 7.77 Å². The molecule has 0 bridgehead atoms. The van der Waals surface area contributed by atoms with Gasteiger partial charge in [0.2, 0.25) is 0 Å². The van der Waals surface area contributed by atoms with E-state index in [1.807, 2.05) is 0 Å². The Morgan fingerprint density at radius 1 is 0.944 bits per heavy atom. The second kappa shape index (κ2) is 4.66. The summed E-state index contributed by atoms with van der Waals surface area (Å²) in [5, 5.41) is -1.69. The Bertz CT molecular complexity index is 798. The molecule has 1 heterocycles. The van der Waals surface area contributed by atoms with Crippen molar-refractivity contribution in [3.8, 4) is 0 Å². The molecule has 1 aromatic heterocycles. The maximum absolute atomic E-state index is 13.0. The zero-order valence-electron chi connectivity index (χ0n) is 8.96. The molecule has 0 saturated carbocycles. The smallest absolute Gasteiger partial charge is 0.644 e. The van der Waals surface area contributed by atoms with Crippen LogP contribution in [-0.2, 0) is 20.4 Å². The summed E-state index contributed by atoms with van der Waals surface area (Å²) in [6.07, 6.45) is 0. The van der Waals surface area contributed by atoms with Gasteiger partial charge in [-0.1, -0.05) is 24.3 Å². The predicted molar refractivity (Wildman–Crippen MR) is 53.9 cm³/mol. The van der Waals surface area contributed by atoms with Crippen molar-refractivity contribution >= 4 is 31.3 Å². The Balaban J connectivity index is 0.00000162. The molecule has 0 fully saturated rings. The Morgan fingerprint density at radius 3 is 2.00 bits per heavy atom. The van der Waals surface area contributed by atoms with Crippen molar-refractivity contribution in [2.75, 3.05) is 0 Å². The fourth-order valence-corrected chi connectivity index (χ4v) is 3.26. The molecule has 18 heavy (non-hydrogen) atoms. The number of rotatable bonds is 2. The van der Waals surface area contributed by atoms with Crippen LogP contribution >= 0.6 is 0 Å². The van der Waals surface area contributed by atoms with E-state index in [1.54, 1.807) is 0 Å². The first kappa shape index (κ1) is 15.2. The van der Waals surface area contributed by atoms with Crippen LogP contribution in [0.1, 0.15) is 0 Å². The summed E-state index contributed by atoms with van der Waals surface area (Å²) in [6, 6.07) is 5.17. The van der Waals surface area contributed by atoms with Gasteiger partial charge in [0.1, 0.15) is 4.90 Å². The van der Waals surface area contributed by atoms with Crippen LogP contribution in [0.2, 0.25) is 0 Å². The second-order valence-corrected chi connectivity index (χ2v) is 5.69. The zero-order valence-corrected chi connectivity index (χ0v) is 10.6. The molecule has 0 saturated heterocycles. The number of hydrogen-bond donors (Lipinski definition) is 0. The minimum atomic E-state index is -5.41. The average molecular weight is 287 g/mol. The first-order valence-corrected chi connectivity index (χ1v) is 6.93. The molecule has 2 rings (SSSR count). The topological polar surface area (TPSA) is 82.4 Å². The number of halogens is 2. The molecule has 0 unspecified atom stereocenters. The maximum Gasteiger partial charge on any atom is 1.00 e. The van der Waals surface area contributed by atoms with Gasteiger partial charge in [0.15, 0.2) is 0 Å². The summed E-state index contributed by atoms with van der Waals surface area (Å²) < 4.78 is 68.9. The number of hydrogen-bond acceptors (Lipinski definition) is 4. The second-order valence-electron chi connectivity index (χ2n) is 3.14. The molecule has 0 N–H and O–H groups in total. The number of para-hydroxylation sites is 1. The predicted octanol–water partition coefficient (Wildman–Crippen LogP) is -1.88. The van der Waals surface area contributed by atoms with Crippen molar-refractivity contribution in [1.82, 2.24) is 4.98 Å². The van der Waals surface area contributed by atoms with Gasteiger partial charge in [0.25, 0.3) is 0 Å². The molecule has 0 aliphatic carbocycles. The molecule has 10 heteroatoms. The summed E-state index contributed by atoms with van der Waals surface area (Å²) >= 11 is 0. The normalized spacial score (nSPS) is 12.3. The van der Waals surface area contributed by atoms with Gasteiger partial charge < -0.3 is 4.98 Å². The summed E-state index contributed by atoms with van der Waals surface area (Å²) in [5.41, 5.74) is -0.111. The summed E-state index contributed by atoms with van der Waals surface area (Å²) in [6.45, 7) is 0. The van der Waals surface area contributed by atoms with Crippen molar-refractivity contribution < 1.29 is 43.5 Å². The van der Waals surface area contributed by atoms with Gasteiger partial charge in [-0.15, -0.1) is 13.3 Å². The zero-order chi connectivity index (χ0) is 12.8. The molecule has 2 aromatic rings. The van der Waals surface area contributed by atoms with Crippen LogP contribution < -0.4 is 23.8 Å².